The van der Waals surface area contributed by atoms with Crippen molar-refractivity contribution in [1.29, 1.82) is 0 Å². The quantitative estimate of drug-likeness (QED) is 0.560. The number of hydrogen-bond donors (Lipinski definition) is 1. The minimum atomic E-state index is -0.217. The first kappa shape index (κ1) is 21.3. The molecular weight excluding hydrogens is 417 g/mol. The van der Waals surface area contributed by atoms with E-state index in [9.17, 15) is 9.18 Å². The minimum Gasteiger partial charge on any atom is -0.497 e. The molecule has 2 saturated heterocycles. The normalized spacial score (nSPS) is 19.2. The Morgan fingerprint density at radius 2 is 1.73 bits per heavy atom. The maximum Gasteiger partial charge on any atom is 0.321 e. The summed E-state index contributed by atoms with van der Waals surface area (Å²) in [5.41, 5.74) is 2.98. The second-order valence-electron chi connectivity index (χ2n) is 8.93. The lowest BCUT2D eigenvalue weighted by atomic mass is 9.63. The van der Waals surface area contributed by atoms with Crippen molar-refractivity contribution in [1.82, 2.24) is 4.90 Å². The third-order valence-corrected chi connectivity index (χ3v) is 7.02. The van der Waals surface area contributed by atoms with Gasteiger partial charge in [0, 0.05) is 36.4 Å². The van der Waals surface area contributed by atoms with Crippen molar-refractivity contribution in [3.8, 4) is 5.75 Å². The van der Waals surface area contributed by atoms with E-state index in [1.54, 1.807) is 19.2 Å². The third-order valence-electron chi connectivity index (χ3n) is 7.02. The number of carbonyl (C=O) groups is 1. The van der Waals surface area contributed by atoms with Crippen LogP contribution in [0.4, 0.5) is 20.6 Å². The Balaban J connectivity index is 1.29. The number of piperidine rings is 1. The summed E-state index contributed by atoms with van der Waals surface area (Å²) in [6.45, 7) is 2.26. The molecule has 2 aliphatic heterocycles. The van der Waals surface area contributed by atoms with E-state index in [1.807, 2.05) is 41.3 Å². The van der Waals surface area contributed by atoms with E-state index in [1.165, 1.54) is 11.6 Å². The smallest absolute Gasteiger partial charge is 0.321 e. The van der Waals surface area contributed by atoms with Gasteiger partial charge in [0.05, 0.1) is 13.2 Å². The van der Waals surface area contributed by atoms with Gasteiger partial charge in [-0.1, -0.05) is 36.4 Å². The molecular formula is C27H28FN3O2. The number of anilines is 2. The number of halogens is 1. The minimum absolute atomic E-state index is 0.0740. The Labute approximate surface area is 193 Å². The Morgan fingerprint density at radius 3 is 2.39 bits per heavy atom. The lowest BCUT2D eigenvalue weighted by molar-refractivity contribution is 0.0459. The second kappa shape index (κ2) is 8.77. The van der Waals surface area contributed by atoms with Crippen molar-refractivity contribution in [3.05, 3.63) is 90.2 Å². The number of ether oxygens (including phenoxy) is 1. The molecule has 1 spiro atoms. The van der Waals surface area contributed by atoms with Gasteiger partial charge < -0.3 is 19.9 Å². The highest BCUT2D eigenvalue weighted by molar-refractivity contribution is 5.89. The lowest BCUT2D eigenvalue weighted by Crippen LogP contribution is -2.63. The first-order chi connectivity index (χ1) is 16.1. The van der Waals surface area contributed by atoms with E-state index in [0.29, 0.717) is 13.1 Å². The lowest BCUT2D eigenvalue weighted by Gasteiger charge is -2.61. The molecule has 2 aliphatic rings. The van der Waals surface area contributed by atoms with Crippen LogP contribution in [0.1, 0.15) is 24.4 Å². The van der Waals surface area contributed by atoms with Crippen molar-refractivity contribution < 1.29 is 13.9 Å². The van der Waals surface area contributed by atoms with Gasteiger partial charge in [0.15, 0.2) is 0 Å². The van der Waals surface area contributed by atoms with Crippen molar-refractivity contribution >= 4 is 17.4 Å². The van der Waals surface area contributed by atoms with Crippen LogP contribution in [0.15, 0.2) is 78.9 Å². The van der Waals surface area contributed by atoms with Gasteiger partial charge in [0.2, 0.25) is 0 Å². The molecule has 170 valence electrons. The Morgan fingerprint density at radius 1 is 1.00 bits per heavy atom. The fraction of sp³-hybridized carbons (Fsp3) is 0.296. The molecule has 33 heavy (non-hydrogen) atoms. The molecule has 0 aromatic heterocycles. The van der Waals surface area contributed by atoms with Crippen LogP contribution in [0.2, 0.25) is 0 Å². The van der Waals surface area contributed by atoms with Crippen molar-refractivity contribution in [2.24, 2.45) is 5.41 Å². The van der Waals surface area contributed by atoms with E-state index >= 15 is 0 Å². The summed E-state index contributed by atoms with van der Waals surface area (Å²) in [6.07, 6.45) is 1.82. The molecule has 0 radical (unpaired) electrons. The monoisotopic (exact) mass is 445 g/mol. The van der Waals surface area contributed by atoms with E-state index < -0.39 is 0 Å². The SMILES string of the molecule is COc1ccc(NC(=O)N2CCC3(CC2)CN(c2cccc(F)c2)C3c2ccccc2)cc1. The molecule has 0 aliphatic carbocycles. The highest BCUT2D eigenvalue weighted by atomic mass is 19.1. The number of carbonyl (C=O) groups excluding carboxylic acids is 1. The Hall–Kier alpha value is -3.54. The molecule has 3 aromatic rings. The standard InChI is InChI=1S/C27H28FN3O2/c1-33-24-12-10-22(11-13-24)29-26(32)30-16-14-27(15-17-30)19-31(23-9-5-8-21(28)18-23)25(27)20-6-3-2-4-7-20/h2-13,18,25H,14-17,19H2,1H3,(H,29,32). The fourth-order valence-electron chi connectivity index (χ4n) is 5.26. The number of nitrogens with zero attached hydrogens (tertiary/aromatic N) is 2. The first-order valence-electron chi connectivity index (χ1n) is 11.4. The maximum absolute atomic E-state index is 13.9. The predicted octanol–water partition coefficient (Wildman–Crippen LogP) is 5.71. The van der Waals surface area contributed by atoms with Gasteiger partial charge in [-0.15, -0.1) is 0 Å². The van der Waals surface area contributed by atoms with Crippen molar-refractivity contribution in [2.45, 2.75) is 18.9 Å². The number of amides is 2. The van der Waals surface area contributed by atoms with Crippen molar-refractivity contribution in [2.75, 3.05) is 37.0 Å². The zero-order chi connectivity index (χ0) is 22.8. The zero-order valence-corrected chi connectivity index (χ0v) is 18.7. The molecule has 0 bridgehead atoms. The summed E-state index contributed by atoms with van der Waals surface area (Å²) in [4.78, 5) is 17.0. The summed E-state index contributed by atoms with van der Waals surface area (Å²) in [5, 5.41) is 2.99. The number of benzene rings is 3. The summed E-state index contributed by atoms with van der Waals surface area (Å²) in [7, 11) is 1.62. The molecule has 1 atom stereocenters. The summed E-state index contributed by atoms with van der Waals surface area (Å²) >= 11 is 0. The van der Waals surface area contributed by atoms with Crippen molar-refractivity contribution in [3.63, 3.8) is 0 Å². The second-order valence-corrected chi connectivity index (χ2v) is 8.93. The topological polar surface area (TPSA) is 44.8 Å². The highest BCUT2D eigenvalue weighted by Gasteiger charge is 2.54. The number of urea groups is 1. The van der Waals surface area contributed by atoms with Gasteiger partial charge in [-0.2, -0.15) is 0 Å². The zero-order valence-electron chi connectivity index (χ0n) is 18.7. The average Bonchev–Trinajstić information content (AvgIpc) is 2.84. The maximum atomic E-state index is 13.9. The van der Waals surface area contributed by atoms with Crippen LogP contribution in [0.25, 0.3) is 0 Å². The third kappa shape index (κ3) is 4.13. The molecule has 2 amide bonds. The van der Waals surface area contributed by atoms with Crippen LogP contribution >= 0.6 is 0 Å². The van der Waals surface area contributed by atoms with Crippen LogP contribution < -0.4 is 15.0 Å². The number of methoxy groups -OCH3 is 1. The van der Waals surface area contributed by atoms with E-state index in [0.717, 1.165) is 36.5 Å². The van der Waals surface area contributed by atoms with Gasteiger partial charge in [0.1, 0.15) is 11.6 Å². The molecule has 6 heteroatoms. The molecule has 2 fully saturated rings. The number of hydrogen-bond acceptors (Lipinski definition) is 3. The predicted molar refractivity (Wildman–Crippen MR) is 128 cm³/mol. The largest absolute Gasteiger partial charge is 0.497 e. The number of likely N-dealkylation sites (tertiary alicyclic amines) is 1. The Bertz CT molecular complexity index is 1110. The number of rotatable bonds is 4. The van der Waals surface area contributed by atoms with Gasteiger partial charge >= 0.3 is 6.03 Å². The van der Waals surface area contributed by atoms with Crippen LogP contribution in [0.3, 0.4) is 0 Å². The summed E-state index contributed by atoms with van der Waals surface area (Å²) in [5.74, 6) is 0.540. The van der Waals surface area contributed by atoms with Crippen LogP contribution in [0, 0.1) is 11.2 Å². The molecule has 1 N–H and O–H groups in total. The van der Waals surface area contributed by atoms with Crippen LogP contribution in [-0.4, -0.2) is 37.7 Å². The molecule has 1 unspecified atom stereocenters. The van der Waals surface area contributed by atoms with Crippen LogP contribution in [-0.2, 0) is 0 Å². The average molecular weight is 446 g/mol. The Kier molecular flexibility index (Phi) is 5.67. The van der Waals surface area contributed by atoms with Gasteiger partial charge in [0.25, 0.3) is 0 Å². The van der Waals surface area contributed by atoms with Crippen LogP contribution in [0.5, 0.6) is 5.75 Å². The van der Waals surface area contributed by atoms with E-state index in [2.05, 4.69) is 34.5 Å². The molecule has 0 saturated carbocycles. The first-order valence-corrected chi connectivity index (χ1v) is 11.4. The summed E-state index contributed by atoms with van der Waals surface area (Å²) < 4.78 is 19.1. The fourth-order valence-corrected chi connectivity index (χ4v) is 5.26. The molecule has 5 rings (SSSR count). The summed E-state index contributed by atoms with van der Waals surface area (Å²) in [6, 6.07) is 24.7. The van der Waals surface area contributed by atoms with Gasteiger partial charge in [-0.05, 0) is 60.9 Å². The highest BCUT2D eigenvalue weighted by Crippen LogP contribution is 2.56. The van der Waals surface area contributed by atoms with Gasteiger partial charge in [-0.25, -0.2) is 9.18 Å². The molecule has 3 aromatic carbocycles. The van der Waals surface area contributed by atoms with E-state index in [-0.39, 0.29) is 23.3 Å². The van der Waals surface area contributed by atoms with Gasteiger partial charge in [-0.3, -0.25) is 0 Å². The molecule has 5 nitrogen and oxygen atoms in total. The molecule has 2 heterocycles. The number of nitrogens with one attached hydrogen (secondary N) is 1. The van der Waals surface area contributed by atoms with E-state index in [4.69, 9.17) is 4.74 Å².